The van der Waals surface area contributed by atoms with Gasteiger partial charge < -0.3 is 4.74 Å². The summed E-state index contributed by atoms with van der Waals surface area (Å²) < 4.78 is 5.00. The first-order valence-electron chi connectivity index (χ1n) is 4.38. The van der Waals surface area contributed by atoms with E-state index in [1.54, 1.807) is 7.11 Å². The van der Waals surface area contributed by atoms with E-state index in [2.05, 4.69) is 5.43 Å². The Morgan fingerprint density at radius 1 is 1.69 bits per heavy atom. The van der Waals surface area contributed by atoms with E-state index in [1.807, 2.05) is 18.7 Å². The number of likely N-dealkylation sites (N-methyl/N-ethyl adjacent to an activating group) is 1. The lowest BCUT2D eigenvalue weighted by Crippen LogP contribution is -2.45. The first-order valence-corrected chi connectivity index (χ1v) is 4.38. The van der Waals surface area contributed by atoms with E-state index in [0.717, 1.165) is 6.54 Å². The lowest BCUT2D eigenvalue weighted by molar-refractivity contribution is -0.123. The first-order chi connectivity index (χ1) is 6.15. The number of amides is 1. The molecule has 1 atom stereocenters. The minimum Gasteiger partial charge on any atom is -0.383 e. The molecule has 0 radical (unpaired) electrons. The molecule has 1 amide bonds. The van der Waals surface area contributed by atoms with Crippen molar-refractivity contribution in [2.24, 2.45) is 5.84 Å². The van der Waals surface area contributed by atoms with E-state index in [-0.39, 0.29) is 11.9 Å². The highest BCUT2D eigenvalue weighted by molar-refractivity contribution is 5.77. The van der Waals surface area contributed by atoms with Crippen molar-refractivity contribution in [2.75, 3.05) is 26.8 Å². The van der Waals surface area contributed by atoms with Crippen molar-refractivity contribution in [1.29, 1.82) is 0 Å². The van der Waals surface area contributed by atoms with Crippen molar-refractivity contribution >= 4 is 5.91 Å². The average molecular weight is 189 g/mol. The van der Waals surface area contributed by atoms with E-state index in [1.165, 1.54) is 0 Å². The third kappa shape index (κ3) is 4.82. The van der Waals surface area contributed by atoms with Gasteiger partial charge in [-0.1, -0.05) is 6.92 Å². The number of hydrazine groups is 1. The van der Waals surface area contributed by atoms with Gasteiger partial charge in [0.2, 0.25) is 5.91 Å². The molecule has 0 saturated carbocycles. The van der Waals surface area contributed by atoms with Crippen LogP contribution in [0, 0.1) is 0 Å². The summed E-state index contributed by atoms with van der Waals surface area (Å²) in [4.78, 5) is 13.0. The Bertz CT molecular complexity index is 152. The Kier molecular flexibility index (Phi) is 6.48. The van der Waals surface area contributed by atoms with Crippen molar-refractivity contribution < 1.29 is 9.53 Å². The molecule has 0 spiro atoms. The Morgan fingerprint density at radius 2 is 2.31 bits per heavy atom. The molecule has 13 heavy (non-hydrogen) atoms. The lowest BCUT2D eigenvalue weighted by Gasteiger charge is -2.25. The summed E-state index contributed by atoms with van der Waals surface area (Å²) >= 11 is 0. The molecule has 0 heterocycles. The number of carbonyl (C=O) groups is 1. The van der Waals surface area contributed by atoms with Crippen molar-refractivity contribution in [3.05, 3.63) is 0 Å². The Balaban J connectivity index is 3.93. The highest BCUT2D eigenvalue weighted by Crippen LogP contribution is 1.98. The van der Waals surface area contributed by atoms with Gasteiger partial charge in [0.05, 0.1) is 13.2 Å². The summed E-state index contributed by atoms with van der Waals surface area (Å²) in [6.45, 7) is 5.74. The fourth-order valence-electron chi connectivity index (χ4n) is 1.16. The van der Waals surface area contributed by atoms with Crippen LogP contribution < -0.4 is 11.3 Å². The second-order valence-electron chi connectivity index (χ2n) is 2.93. The van der Waals surface area contributed by atoms with E-state index < -0.39 is 0 Å². The Hall–Kier alpha value is -0.650. The number of methoxy groups -OCH3 is 1. The van der Waals surface area contributed by atoms with Gasteiger partial charge in [0, 0.05) is 13.2 Å². The standard InChI is InChI=1S/C8H19N3O2/c1-4-11(5-8(12)10-9)7(2)6-13-3/h7H,4-6,9H2,1-3H3,(H,10,12). The maximum Gasteiger partial charge on any atom is 0.248 e. The highest BCUT2D eigenvalue weighted by atomic mass is 16.5. The molecule has 1 unspecified atom stereocenters. The molecular formula is C8H19N3O2. The largest absolute Gasteiger partial charge is 0.383 e. The van der Waals surface area contributed by atoms with E-state index >= 15 is 0 Å². The van der Waals surface area contributed by atoms with Crippen LogP contribution >= 0.6 is 0 Å². The molecule has 0 aliphatic carbocycles. The van der Waals surface area contributed by atoms with Crippen molar-refractivity contribution in [3.8, 4) is 0 Å². The summed E-state index contributed by atoms with van der Waals surface area (Å²) in [5, 5.41) is 0. The molecule has 5 heteroatoms. The average Bonchev–Trinajstić information content (AvgIpc) is 2.14. The first kappa shape index (κ1) is 12.3. The molecule has 0 aliphatic heterocycles. The summed E-state index contributed by atoms with van der Waals surface area (Å²) in [5.74, 6) is 4.82. The minimum atomic E-state index is -0.176. The van der Waals surface area contributed by atoms with Gasteiger partial charge in [-0.25, -0.2) is 5.84 Å². The smallest absolute Gasteiger partial charge is 0.248 e. The quantitative estimate of drug-likeness (QED) is 0.330. The van der Waals surface area contributed by atoms with Crippen LogP contribution in [-0.2, 0) is 9.53 Å². The topological polar surface area (TPSA) is 67.6 Å². The second kappa shape index (κ2) is 6.82. The van der Waals surface area contributed by atoms with Gasteiger partial charge in [0.15, 0.2) is 0 Å². The van der Waals surface area contributed by atoms with Crippen LogP contribution in [0.5, 0.6) is 0 Å². The molecule has 0 aliphatic rings. The zero-order chi connectivity index (χ0) is 10.3. The SMILES string of the molecule is CCN(CC(=O)NN)C(C)COC. The number of hydrogen-bond acceptors (Lipinski definition) is 4. The number of nitrogens with two attached hydrogens (primary N) is 1. The summed E-state index contributed by atoms with van der Waals surface area (Å²) in [7, 11) is 1.65. The summed E-state index contributed by atoms with van der Waals surface area (Å²) in [6.07, 6.45) is 0. The number of rotatable bonds is 6. The summed E-state index contributed by atoms with van der Waals surface area (Å²) in [6, 6.07) is 0.229. The predicted octanol–water partition coefficient (Wildman–Crippen LogP) is -0.667. The maximum absolute atomic E-state index is 11.0. The maximum atomic E-state index is 11.0. The highest BCUT2D eigenvalue weighted by Gasteiger charge is 2.14. The number of nitrogens with zero attached hydrogens (tertiary/aromatic N) is 1. The van der Waals surface area contributed by atoms with E-state index in [0.29, 0.717) is 13.2 Å². The van der Waals surface area contributed by atoms with Crippen LogP contribution in [0.3, 0.4) is 0 Å². The zero-order valence-corrected chi connectivity index (χ0v) is 8.54. The van der Waals surface area contributed by atoms with E-state index in [4.69, 9.17) is 10.6 Å². The zero-order valence-electron chi connectivity index (χ0n) is 8.54. The third-order valence-corrected chi connectivity index (χ3v) is 1.95. The fourth-order valence-corrected chi connectivity index (χ4v) is 1.16. The number of ether oxygens (including phenoxy) is 1. The van der Waals surface area contributed by atoms with Crippen LogP contribution in [0.15, 0.2) is 0 Å². The van der Waals surface area contributed by atoms with Gasteiger partial charge in [-0.2, -0.15) is 0 Å². The van der Waals surface area contributed by atoms with E-state index in [9.17, 15) is 4.79 Å². The van der Waals surface area contributed by atoms with Gasteiger partial charge in [0.1, 0.15) is 0 Å². The second-order valence-corrected chi connectivity index (χ2v) is 2.93. The Morgan fingerprint density at radius 3 is 2.69 bits per heavy atom. The molecule has 0 aromatic rings. The summed E-state index contributed by atoms with van der Waals surface area (Å²) in [5.41, 5.74) is 2.11. The molecule has 0 aromatic heterocycles. The van der Waals surface area contributed by atoms with Crippen molar-refractivity contribution in [1.82, 2.24) is 10.3 Å². The minimum absolute atomic E-state index is 0.176. The molecule has 0 fully saturated rings. The Labute approximate surface area is 79.2 Å². The van der Waals surface area contributed by atoms with Crippen LogP contribution in [0.25, 0.3) is 0 Å². The molecule has 0 rings (SSSR count). The molecular weight excluding hydrogens is 170 g/mol. The van der Waals surface area contributed by atoms with Crippen molar-refractivity contribution in [2.45, 2.75) is 19.9 Å². The lowest BCUT2D eigenvalue weighted by atomic mass is 10.3. The third-order valence-electron chi connectivity index (χ3n) is 1.95. The van der Waals surface area contributed by atoms with Gasteiger partial charge in [-0.05, 0) is 13.5 Å². The molecule has 5 nitrogen and oxygen atoms in total. The monoisotopic (exact) mass is 189 g/mol. The van der Waals surface area contributed by atoms with Crippen LogP contribution in [-0.4, -0.2) is 43.7 Å². The predicted molar refractivity (Wildman–Crippen MR) is 50.9 cm³/mol. The van der Waals surface area contributed by atoms with Crippen LogP contribution in [0.1, 0.15) is 13.8 Å². The number of nitrogens with one attached hydrogen (secondary N) is 1. The normalized spacial score (nSPS) is 13.0. The molecule has 0 saturated heterocycles. The molecule has 0 aromatic carbocycles. The number of carbonyl (C=O) groups excluding carboxylic acids is 1. The van der Waals surface area contributed by atoms with Gasteiger partial charge in [-0.3, -0.25) is 15.1 Å². The van der Waals surface area contributed by atoms with Gasteiger partial charge >= 0.3 is 0 Å². The van der Waals surface area contributed by atoms with Crippen LogP contribution in [0.4, 0.5) is 0 Å². The van der Waals surface area contributed by atoms with Gasteiger partial charge in [0.25, 0.3) is 0 Å². The number of hydrogen-bond donors (Lipinski definition) is 2. The van der Waals surface area contributed by atoms with Crippen LogP contribution in [0.2, 0.25) is 0 Å². The molecule has 0 bridgehead atoms. The fraction of sp³-hybridized carbons (Fsp3) is 0.875. The van der Waals surface area contributed by atoms with Gasteiger partial charge in [-0.15, -0.1) is 0 Å². The van der Waals surface area contributed by atoms with Crippen molar-refractivity contribution in [3.63, 3.8) is 0 Å². The molecule has 3 N–H and O–H groups in total. The molecule has 78 valence electrons.